The van der Waals surface area contributed by atoms with Gasteiger partial charge in [-0.1, -0.05) is 66.5 Å². The molecule has 0 unspecified atom stereocenters. The molecular weight excluding hydrogens is 471 g/mol. The molecule has 3 rings (SSSR count). The number of pyridine rings is 1. The Balaban J connectivity index is 1.79. The van der Waals surface area contributed by atoms with Crippen molar-refractivity contribution < 1.29 is 14.3 Å². The second-order valence-corrected chi connectivity index (χ2v) is 8.81. The number of carbonyl (C=O) groups excluding carboxylic acids is 2. The van der Waals surface area contributed by atoms with Gasteiger partial charge < -0.3 is 10.1 Å². The van der Waals surface area contributed by atoms with Crippen LogP contribution in [-0.2, 0) is 9.53 Å². The second-order valence-electron chi connectivity index (χ2n) is 7.93. The zero-order valence-electron chi connectivity index (χ0n) is 19.0. The van der Waals surface area contributed by atoms with E-state index in [-0.39, 0.29) is 11.6 Å². The van der Waals surface area contributed by atoms with E-state index in [1.807, 2.05) is 55.5 Å². The summed E-state index contributed by atoms with van der Waals surface area (Å²) < 4.78 is 4.97. The van der Waals surface area contributed by atoms with Crippen LogP contribution in [0.15, 0.2) is 72.9 Å². The van der Waals surface area contributed by atoms with Crippen molar-refractivity contribution in [3.05, 3.63) is 99.8 Å². The fourth-order valence-electron chi connectivity index (χ4n) is 3.55. The van der Waals surface area contributed by atoms with Crippen LogP contribution < -0.4 is 5.32 Å². The molecule has 3 aromatic rings. The lowest BCUT2D eigenvalue weighted by Crippen LogP contribution is -2.46. The van der Waals surface area contributed by atoms with Crippen LogP contribution in [0, 0.1) is 5.92 Å². The number of benzene rings is 2. The highest BCUT2D eigenvalue weighted by Crippen LogP contribution is 2.28. The van der Waals surface area contributed by atoms with Crippen molar-refractivity contribution in [1.29, 1.82) is 0 Å². The molecule has 1 N–H and O–H groups in total. The Morgan fingerprint density at radius 1 is 1.00 bits per heavy atom. The van der Waals surface area contributed by atoms with Crippen LogP contribution in [0.25, 0.3) is 11.6 Å². The number of halogens is 2. The molecule has 0 radical (unpaired) electrons. The number of esters is 1. The average molecular weight is 497 g/mol. The molecular formula is C27H26Cl2N2O3. The van der Waals surface area contributed by atoms with Crippen molar-refractivity contribution >= 4 is 46.7 Å². The Kier molecular flexibility index (Phi) is 9.25. The maximum atomic E-state index is 12.6. The number of amides is 1. The molecule has 5 nitrogen and oxygen atoms in total. The third-order valence-electron chi connectivity index (χ3n) is 5.50. The summed E-state index contributed by atoms with van der Waals surface area (Å²) >= 11 is 12.1. The van der Waals surface area contributed by atoms with Crippen LogP contribution >= 0.6 is 23.2 Å². The number of nitrogens with zero attached hydrogens (tertiary/aromatic N) is 1. The quantitative estimate of drug-likeness (QED) is 0.278. The molecule has 0 aliphatic heterocycles. The molecule has 34 heavy (non-hydrogen) atoms. The molecule has 176 valence electrons. The standard InChI is InChI=1S/C27H26Cl2N2O3/c1-18(25(27(33)34-2)31-26(32)24-5-3-4-16-30-24)6-9-21(20-10-14-23(29)15-11-20)17-19-7-12-22(28)13-8-19/h3-5,7-8,10-18,25H,6,9H2,1-2H3,(H,31,32)/b21-17-/t18-,25-/m0/s1. The summed E-state index contributed by atoms with van der Waals surface area (Å²) in [6.45, 7) is 1.92. The van der Waals surface area contributed by atoms with Gasteiger partial charge in [-0.2, -0.15) is 0 Å². The number of hydrogen-bond acceptors (Lipinski definition) is 4. The summed E-state index contributed by atoms with van der Waals surface area (Å²) in [4.78, 5) is 29.2. The normalized spacial score (nSPS) is 13.1. The molecule has 1 aromatic heterocycles. The zero-order valence-corrected chi connectivity index (χ0v) is 20.5. The molecule has 1 amide bonds. The number of methoxy groups -OCH3 is 1. The van der Waals surface area contributed by atoms with Gasteiger partial charge in [0.05, 0.1) is 7.11 Å². The van der Waals surface area contributed by atoms with Gasteiger partial charge in [0.25, 0.3) is 5.91 Å². The minimum atomic E-state index is -0.804. The molecule has 2 aromatic carbocycles. The highest BCUT2D eigenvalue weighted by atomic mass is 35.5. The van der Waals surface area contributed by atoms with Crippen molar-refractivity contribution in [1.82, 2.24) is 10.3 Å². The molecule has 0 aliphatic rings. The summed E-state index contributed by atoms with van der Waals surface area (Å²) in [7, 11) is 1.31. The number of rotatable bonds is 9. The minimum absolute atomic E-state index is 0.193. The fraction of sp³-hybridized carbons (Fsp3) is 0.222. The van der Waals surface area contributed by atoms with E-state index in [1.54, 1.807) is 18.2 Å². The average Bonchev–Trinajstić information content (AvgIpc) is 2.86. The van der Waals surface area contributed by atoms with Gasteiger partial charge in [-0.15, -0.1) is 0 Å². The predicted molar refractivity (Wildman–Crippen MR) is 137 cm³/mol. The topological polar surface area (TPSA) is 68.3 Å². The summed E-state index contributed by atoms with van der Waals surface area (Å²) in [6.07, 6.45) is 4.92. The molecule has 1 heterocycles. The third-order valence-corrected chi connectivity index (χ3v) is 6.01. The van der Waals surface area contributed by atoms with E-state index >= 15 is 0 Å². The van der Waals surface area contributed by atoms with E-state index in [2.05, 4.69) is 16.4 Å². The maximum absolute atomic E-state index is 12.6. The van der Waals surface area contributed by atoms with Gasteiger partial charge in [0.1, 0.15) is 11.7 Å². The number of aromatic nitrogens is 1. The fourth-order valence-corrected chi connectivity index (χ4v) is 3.80. The van der Waals surface area contributed by atoms with Gasteiger partial charge in [0.15, 0.2) is 0 Å². The first-order valence-corrected chi connectivity index (χ1v) is 11.6. The van der Waals surface area contributed by atoms with Gasteiger partial charge in [-0.25, -0.2) is 4.79 Å². The van der Waals surface area contributed by atoms with Gasteiger partial charge in [-0.3, -0.25) is 9.78 Å². The van der Waals surface area contributed by atoms with Crippen LogP contribution in [0.5, 0.6) is 0 Å². The zero-order chi connectivity index (χ0) is 24.5. The van der Waals surface area contributed by atoms with Crippen LogP contribution in [0.2, 0.25) is 10.0 Å². The number of allylic oxidation sites excluding steroid dienone is 1. The van der Waals surface area contributed by atoms with Gasteiger partial charge in [-0.05, 0) is 71.9 Å². The SMILES string of the molecule is COC(=O)[C@@H](NC(=O)c1ccccn1)[C@@H](C)CC/C(=C/c1ccc(Cl)cc1)c1ccc(Cl)cc1. The van der Waals surface area contributed by atoms with Crippen LogP contribution in [0.3, 0.4) is 0 Å². The summed E-state index contributed by atoms with van der Waals surface area (Å²) in [5, 5.41) is 4.11. The summed E-state index contributed by atoms with van der Waals surface area (Å²) in [6, 6.07) is 19.5. The third kappa shape index (κ3) is 7.17. The molecule has 0 bridgehead atoms. The van der Waals surface area contributed by atoms with Crippen molar-refractivity contribution in [2.45, 2.75) is 25.8 Å². The molecule has 7 heteroatoms. The van der Waals surface area contributed by atoms with E-state index in [4.69, 9.17) is 27.9 Å². The Hall–Kier alpha value is -3.15. The van der Waals surface area contributed by atoms with Crippen molar-refractivity contribution in [2.24, 2.45) is 5.92 Å². The van der Waals surface area contributed by atoms with E-state index in [0.29, 0.717) is 22.9 Å². The molecule has 0 saturated heterocycles. The largest absolute Gasteiger partial charge is 0.467 e. The molecule has 0 spiro atoms. The van der Waals surface area contributed by atoms with Crippen molar-refractivity contribution in [3.8, 4) is 0 Å². The van der Waals surface area contributed by atoms with Gasteiger partial charge >= 0.3 is 5.97 Å². The lowest BCUT2D eigenvalue weighted by Gasteiger charge is -2.23. The molecule has 0 fully saturated rings. The van der Waals surface area contributed by atoms with E-state index < -0.39 is 17.9 Å². The maximum Gasteiger partial charge on any atom is 0.328 e. The highest BCUT2D eigenvalue weighted by molar-refractivity contribution is 6.30. The van der Waals surface area contributed by atoms with Crippen LogP contribution in [-0.4, -0.2) is 30.0 Å². The van der Waals surface area contributed by atoms with E-state index in [9.17, 15) is 9.59 Å². The number of nitrogens with one attached hydrogen (secondary N) is 1. The Morgan fingerprint density at radius 3 is 2.24 bits per heavy atom. The number of hydrogen-bond donors (Lipinski definition) is 1. The molecule has 2 atom stereocenters. The van der Waals surface area contributed by atoms with E-state index in [1.165, 1.54) is 13.3 Å². The first kappa shape index (κ1) is 25.5. The van der Waals surface area contributed by atoms with Gasteiger partial charge in [0, 0.05) is 16.2 Å². The molecule has 0 aliphatic carbocycles. The highest BCUT2D eigenvalue weighted by Gasteiger charge is 2.28. The second kappa shape index (κ2) is 12.4. The van der Waals surface area contributed by atoms with Gasteiger partial charge in [0.2, 0.25) is 0 Å². The van der Waals surface area contributed by atoms with Crippen LogP contribution in [0.4, 0.5) is 0 Å². The van der Waals surface area contributed by atoms with Crippen molar-refractivity contribution in [3.63, 3.8) is 0 Å². The van der Waals surface area contributed by atoms with Crippen molar-refractivity contribution in [2.75, 3.05) is 7.11 Å². The molecule has 0 saturated carbocycles. The number of ether oxygens (including phenoxy) is 1. The van der Waals surface area contributed by atoms with Crippen LogP contribution in [0.1, 0.15) is 41.4 Å². The Labute approximate surface area is 209 Å². The number of carbonyl (C=O) groups is 2. The minimum Gasteiger partial charge on any atom is -0.467 e. The monoisotopic (exact) mass is 496 g/mol. The lowest BCUT2D eigenvalue weighted by atomic mass is 9.90. The Morgan fingerprint density at radius 2 is 1.65 bits per heavy atom. The first-order chi connectivity index (χ1) is 16.4. The smallest absolute Gasteiger partial charge is 0.328 e. The summed E-state index contributed by atoms with van der Waals surface area (Å²) in [5.74, 6) is -1.11. The van der Waals surface area contributed by atoms with E-state index in [0.717, 1.165) is 16.7 Å². The summed E-state index contributed by atoms with van der Waals surface area (Å²) in [5.41, 5.74) is 3.35. The lowest BCUT2D eigenvalue weighted by molar-refractivity contribution is -0.144. The predicted octanol–water partition coefficient (Wildman–Crippen LogP) is 6.32. The first-order valence-electron chi connectivity index (χ1n) is 10.9. The Bertz CT molecular complexity index is 1130.